The van der Waals surface area contributed by atoms with Gasteiger partial charge >= 0.3 is 29.6 Å². The SMILES string of the molecule is O=C([O-])c1ccc(-c2ccc(CN(CCCc3ccccc3)C(=O)CCc3ccccc3)cc2)cc1.[Na+]. The zero-order chi connectivity index (χ0) is 25.2. The molecule has 4 aromatic carbocycles. The zero-order valence-electron chi connectivity index (χ0n) is 21.3. The van der Waals surface area contributed by atoms with Crippen LogP contribution >= 0.6 is 0 Å². The summed E-state index contributed by atoms with van der Waals surface area (Å²) in [6.07, 6.45) is 3.06. The second-order valence-electron chi connectivity index (χ2n) is 8.95. The van der Waals surface area contributed by atoms with E-state index in [9.17, 15) is 14.7 Å². The summed E-state index contributed by atoms with van der Waals surface area (Å²) in [5, 5.41) is 11.0. The average molecular weight is 500 g/mol. The molecule has 1 amide bonds. The van der Waals surface area contributed by atoms with E-state index in [-0.39, 0.29) is 41.0 Å². The van der Waals surface area contributed by atoms with Gasteiger partial charge in [0.25, 0.3) is 0 Å². The number of nitrogens with zero attached hydrogens (tertiary/aromatic N) is 1. The van der Waals surface area contributed by atoms with E-state index in [0.717, 1.165) is 36.0 Å². The predicted molar refractivity (Wildman–Crippen MR) is 141 cm³/mol. The number of aromatic carboxylic acids is 1. The molecule has 0 N–H and O–H groups in total. The monoisotopic (exact) mass is 499 g/mol. The van der Waals surface area contributed by atoms with Gasteiger partial charge < -0.3 is 14.8 Å². The van der Waals surface area contributed by atoms with Crippen molar-refractivity contribution >= 4 is 11.9 Å². The van der Waals surface area contributed by atoms with Crippen LogP contribution in [-0.2, 0) is 24.2 Å². The first-order valence-corrected chi connectivity index (χ1v) is 12.3. The number of aryl methyl sites for hydroxylation is 2. The second-order valence-corrected chi connectivity index (χ2v) is 8.95. The minimum absolute atomic E-state index is 0. The van der Waals surface area contributed by atoms with Crippen molar-refractivity contribution in [1.82, 2.24) is 4.90 Å². The molecule has 0 heterocycles. The molecule has 4 aromatic rings. The summed E-state index contributed by atoms with van der Waals surface area (Å²) in [6.45, 7) is 1.27. The van der Waals surface area contributed by atoms with E-state index in [2.05, 4.69) is 24.3 Å². The molecule has 0 radical (unpaired) electrons. The molecular formula is C32H30NNaO3. The van der Waals surface area contributed by atoms with Crippen LogP contribution in [0.5, 0.6) is 0 Å². The van der Waals surface area contributed by atoms with Gasteiger partial charge in [0.15, 0.2) is 0 Å². The number of benzene rings is 4. The molecule has 5 heteroatoms. The van der Waals surface area contributed by atoms with E-state index in [1.807, 2.05) is 65.6 Å². The summed E-state index contributed by atoms with van der Waals surface area (Å²) < 4.78 is 0. The van der Waals surface area contributed by atoms with Crippen molar-refractivity contribution in [2.24, 2.45) is 0 Å². The largest absolute Gasteiger partial charge is 1.00 e. The Balaban J connectivity index is 0.00000380. The summed E-state index contributed by atoms with van der Waals surface area (Å²) in [4.78, 5) is 26.2. The molecule has 0 saturated carbocycles. The van der Waals surface area contributed by atoms with E-state index >= 15 is 0 Å². The standard InChI is InChI=1S/C32H31NO3.Na/c34-31(22-15-26-10-5-2-6-11-26)33(23-7-12-25-8-3-1-4-9-25)24-27-13-16-28(17-14-27)29-18-20-30(21-19-29)32(35)36;/h1-6,8-11,13-14,16-21H,7,12,15,22-24H2,(H,35,36);/q;+1/p-1. The molecule has 0 aromatic heterocycles. The van der Waals surface area contributed by atoms with Crippen molar-refractivity contribution in [3.8, 4) is 11.1 Å². The van der Waals surface area contributed by atoms with Crippen LogP contribution in [0.2, 0.25) is 0 Å². The molecule has 0 aliphatic rings. The molecule has 37 heavy (non-hydrogen) atoms. The first-order chi connectivity index (χ1) is 17.6. The second kappa shape index (κ2) is 14.5. The quantitative estimate of drug-likeness (QED) is 0.298. The molecule has 0 atom stereocenters. The maximum absolute atomic E-state index is 13.2. The van der Waals surface area contributed by atoms with E-state index < -0.39 is 5.97 Å². The van der Waals surface area contributed by atoms with Crippen molar-refractivity contribution in [3.05, 3.63) is 131 Å². The summed E-state index contributed by atoms with van der Waals surface area (Å²) in [7, 11) is 0. The third-order valence-electron chi connectivity index (χ3n) is 6.34. The number of carbonyl (C=O) groups is 2. The van der Waals surface area contributed by atoms with Gasteiger partial charge in [-0.1, -0.05) is 109 Å². The molecule has 0 saturated heterocycles. The fourth-order valence-electron chi connectivity index (χ4n) is 4.29. The Bertz CT molecular complexity index is 1260. The van der Waals surface area contributed by atoms with Crippen LogP contribution in [0.15, 0.2) is 109 Å². The van der Waals surface area contributed by atoms with E-state index in [0.29, 0.717) is 19.5 Å². The number of carbonyl (C=O) groups excluding carboxylic acids is 2. The number of hydrogen-bond donors (Lipinski definition) is 0. The summed E-state index contributed by atoms with van der Waals surface area (Å²) in [5.41, 5.74) is 5.61. The molecule has 0 bridgehead atoms. The molecule has 0 spiro atoms. The van der Waals surface area contributed by atoms with Crippen LogP contribution in [0, 0.1) is 0 Å². The maximum Gasteiger partial charge on any atom is 1.00 e. The van der Waals surface area contributed by atoms with Crippen molar-refractivity contribution < 1.29 is 44.3 Å². The van der Waals surface area contributed by atoms with Gasteiger partial charge in [0.1, 0.15) is 0 Å². The van der Waals surface area contributed by atoms with E-state index in [1.165, 1.54) is 11.1 Å². The fourth-order valence-corrected chi connectivity index (χ4v) is 4.29. The summed E-state index contributed by atoms with van der Waals surface area (Å²) in [5.74, 6) is -1.02. The first kappa shape index (κ1) is 28.4. The van der Waals surface area contributed by atoms with Gasteiger partial charge in [-0.3, -0.25) is 4.79 Å². The minimum Gasteiger partial charge on any atom is -0.545 e. The Kier molecular flexibility index (Phi) is 11.2. The van der Waals surface area contributed by atoms with Crippen LogP contribution in [0.25, 0.3) is 11.1 Å². The molecule has 0 aliphatic heterocycles. The molecule has 182 valence electrons. The molecule has 0 unspecified atom stereocenters. The average Bonchev–Trinajstić information content (AvgIpc) is 2.93. The van der Waals surface area contributed by atoms with Gasteiger partial charge in [-0.05, 0) is 52.6 Å². The Labute approximate surface area is 241 Å². The Morgan fingerprint density at radius 1 is 0.622 bits per heavy atom. The number of hydrogen-bond acceptors (Lipinski definition) is 3. The number of amides is 1. The van der Waals surface area contributed by atoms with Gasteiger partial charge in [0, 0.05) is 19.5 Å². The van der Waals surface area contributed by atoms with Crippen LogP contribution in [0.3, 0.4) is 0 Å². The first-order valence-electron chi connectivity index (χ1n) is 12.3. The third kappa shape index (κ3) is 8.71. The maximum atomic E-state index is 13.2. The van der Waals surface area contributed by atoms with Crippen molar-refractivity contribution in [3.63, 3.8) is 0 Å². The third-order valence-corrected chi connectivity index (χ3v) is 6.34. The van der Waals surface area contributed by atoms with Gasteiger partial charge in [0.2, 0.25) is 5.91 Å². The van der Waals surface area contributed by atoms with Gasteiger partial charge in [0.05, 0.1) is 5.97 Å². The summed E-state index contributed by atoms with van der Waals surface area (Å²) >= 11 is 0. The van der Waals surface area contributed by atoms with Crippen molar-refractivity contribution in [1.29, 1.82) is 0 Å². The Hall–Kier alpha value is -3.18. The van der Waals surface area contributed by atoms with Crippen molar-refractivity contribution in [2.45, 2.75) is 32.2 Å². The molecule has 4 nitrogen and oxygen atoms in total. The van der Waals surface area contributed by atoms with E-state index in [4.69, 9.17) is 0 Å². The predicted octanol–water partition coefficient (Wildman–Crippen LogP) is 2.32. The van der Waals surface area contributed by atoms with E-state index in [1.54, 1.807) is 24.3 Å². The topological polar surface area (TPSA) is 60.4 Å². The van der Waals surface area contributed by atoms with Gasteiger partial charge in [-0.25, -0.2) is 0 Å². The molecule has 0 aliphatic carbocycles. The number of rotatable bonds is 11. The van der Waals surface area contributed by atoms with Crippen molar-refractivity contribution in [2.75, 3.05) is 6.54 Å². The zero-order valence-corrected chi connectivity index (χ0v) is 23.3. The van der Waals surface area contributed by atoms with Gasteiger partial charge in [-0.2, -0.15) is 0 Å². The van der Waals surface area contributed by atoms with Crippen LogP contribution in [0.1, 0.15) is 39.9 Å². The molecule has 4 rings (SSSR count). The van der Waals surface area contributed by atoms with Crippen LogP contribution < -0.4 is 34.7 Å². The van der Waals surface area contributed by atoms with Gasteiger partial charge in [-0.15, -0.1) is 0 Å². The van der Waals surface area contributed by atoms with Crippen LogP contribution in [0.4, 0.5) is 0 Å². The molecular weight excluding hydrogens is 469 g/mol. The normalized spacial score (nSPS) is 10.4. The Morgan fingerprint density at radius 2 is 1.14 bits per heavy atom. The fraction of sp³-hybridized carbons (Fsp3) is 0.188. The summed E-state index contributed by atoms with van der Waals surface area (Å²) in [6, 6.07) is 35.3. The van der Waals surface area contributed by atoms with Crippen LogP contribution in [-0.4, -0.2) is 23.3 Å². The number of carboxylic acids is 1. The smallest absolute Gasteiger partial charge is 0.545 e. The molecule has 0 fully saturated rings. The Morgan fingerprint density at radius 3 is 1.68 bits per heavy atom. The number of carboxylic acid groups (broad SMARTS) is 1. The minimum atomic E-state index is -1.18.